The van der Waals surface area contributed by atoms with Crippen LogP contribution in [0.15, 0.2) is 10.8 Å². The van der Waals surface area contributed by atoms with E-state index in [1.165, 1.54) is 5.69 Å². The predicted molar refractivity (Wildman–Crippen MR) is 78.2 cm³/mol. The van der Waals surface area contributed by atoms with Crippen LogP contribution in [0.25, 0.3) is 0 Å². The molecule has 2 aromatic rings. The summed E-state index contributed by atoms with van der Waals surface area (Å²) >= 11 is 3.43. The van der Waals surface area contributed by atoms with E-state index in [4.69, 9.17) is 0 Å². The maximum absolute atomic E-state index is 4.66. The first kappa shape index (κ1) is 13.6. The third-order valence-corrected chi connectivity index (χ3v) is 4.35. The normalized spacial score (nSPS) is 12.0. The molecule has 1 N–H and O–H groups in total. The Morgan fingerprint density at radius 3 is 2.17 bits per heavy atom. The van der Waals surface area contributed by atoms with Crippen LogP contribution in [-0.4, -0.2) is 9.97 Å². The van der Waals surface area contributed by atoms with E-state index in [1.54, 1.807) is 22.7 Å². The van der Waals surface area contributed by atoms with E-state index < -0.39 is 0 Å². The minimum Gasteiger partial charge on any atom is -0.304 e. The minimum absolute atomic E-state index is 0.140. The monoisotopic (exact) mass is 281 g/mol. The summed E-state index contributed by atoms with van der Waals surface area (Å²) in [6.45, 7) is 10.2. The molecule has 0 unspecified atom stereocenters. The average molecular weight is 281 g/mol. The third kappa shape index (κ3) is 3.60. The van der Waals surface area contributed by atoms with Gasteiger partial charge in [-0.05, 0) is 6.92 Å². The number of hydrogen-bond donors (Lipinski definition) is 1. The Balaban J connectivity index is 1.85. The Morgan fingerprint density at radius 2 is 1.67 bits per heavy atom. The maximum Gasteiger partial charge on any atom is 0.107 e. The van der Waals surface area contributed by atoms with Crippen LogP contribution >= 0.6 is 22.7 Å². The van der Waals surface area contributed by atoms with Gasteiger partial charge in [-0.2, -0.15) is 0 Å². The van der Waals surface area contributed by atoms with Crippen molar-refractivity contribution >= 4 is 22.7 Å². The lowest BCUT2D eigenvalue weighted by Gasteiger charge is -2.14. The van der Waals surface area contributed by atoms with Crippen molar-refractivity contribution in [3.8, 4) is 0 Å². The Labute approximate surface area is 116 Å². The van der Waals surface area contributed by atoms with Crippen molar-refractivity contribution in [3.63, 3.8) is 0 Å². The van der Waals surface area contributed by atoms with Gasteiger partial charge in [0.25, 0.3) is 0 Å². The molecule has 0 bridgehead atoms. The standard InChI is InChI=1S/C13H19N3S2/c1-9-7-17-11(15-9)5-14-6-12-16-10(8-18-12)13(2,3)4/h7-8,14H,5-6H2,1-4H3. The average Bonchev–Trinajstić information content (AvgIpc) is 2.87. The highest BCUT2D eigenvalue weighted by Gasteiger charge is 2.17. The van der Waals surface area contributed by atoms with E-state index in [1.807, 2.05) is 6.92 Å². The molecule has 0 atom stereocenters. The number of hydrogen-bond acceptors (Lipinski definition) is 5. The van der Waals surface area contributed by atoms with Crippen LogP contribution in [0, 0.1) is 6.92 Å². The summed E-state index contributed by atoms with van der Waals surface area (Å²) in [6, 6.07) is 0. The predicted octanol–water partition coefficient (Wildman–Crippen LogP) is 3.50. The number of rotatable bonds is 4. The van der Waals surface area contributed by atoms with E-state index in [0.717, 1.165) is 28.8 Å². The first-order valence-electron chi connectivity index (χ1n) is 6.02. The summed E-state index contributed by atoms with van der Waals surface area (Å²) in [5, 5.41) is 9.92. The van der Waals surface area contributed by atoms with Crippen LogP contribution in [0.1, 0.15) is 42.2 Å². The highest BCUT2D eigenvalue weighted by Crippen LogP contribution is 2.23. The number of aromatic nitrogens is 2. The summed E-state index contributed by atoms with van der Waals surface area (Å²) in [4.78, 5) is 9.08. The van der Waals surface area contributed by atoms with Crippen LogP contribution in [0.3, 0.4) is 0 Å². The van der Waals surface area contributed by atoms with Crippen molar-refractivity contribution in [1.29, 1.82) is 0 Å². The molecule has 0 saturated heterocycles. The first-order valence-corrected chi connectivity index (χ1v) is 7.77. The molecular weight excluding hydrogens is 262 g/mol. The molecule has 2 aromatic heterocycles. The Bertz CT molecular complexity index is 508. The fourth-order valence-corrected chi connectivity index (χ4v) is 3.23. The molecular formula is C13H19N3S2. The van der Waals surface area contributed by atoms with Crippen LogP contribution in [-0.2, 0) is 18.5 Å². The van der Waals surface area contributed by atoms with Crippen molar-refractivity contribution in [1.82, 2.24) is 15.3 Å². The van der Waals surface area contributed by atoms with Gasteiger partial charge in [-0.15, -0.1) is 22.7 Å². The molecule has 0 fully saturated rings. The zero-order valence-corrected chi connectivity index (χ0v) is 12.9. The van der Waals surface area contributed by atoms with Gasteiger partial charge in [-0.1, -0.05) is 20.8 Å². The lowest BCUT2D eigenvalue weighted by Crippen LogP contribution is -2.14. The van der Waals surface area contributed by atoms with Gasteiger partial charge in [0.2, 0.25) is 0 Å². The number of thiazole rings is 2. The molecule has 0 radical (unpaired) electrons. The van der Waals surface area contributed by atoms with Crippen molar-refractivity contribution in [2.45, 2.75) is 46.2 Å². The van der Waals surface area contributed by atoms with Crippen LogP contribution in [0.2, 0.25) is 0 Å². The smallest absolute Gasteiger partial charge is 0.107 e. The molecule has 0 spiro atoms. The van der Waals surface area contributed by atoms with Crippen LogP contribution in [0.4, 0.5) is 0 Å². The van der Waals surface area contributed by atoms with Crippen LogP contribution in [0.5, 0.6) is 0 Å². The fraction of sp³-hybridized carbons (Fsp3) is 0.538. The second-order valence-corrected chi connectivity index (χ2v) is 7.25. The van der Waals surface area contributed by atoms with E-state index in [9.17, 15) is 0 Å². The molecule has 0 saturated carbocycles. The molecule has 0 aliphatic carbocycles. The molecule has 0 amide bonds. The number of nitrogens with one attached hydrogen (secondary N) is 1. The highest BCUT2D eigenvalue weighted by atomic mass is 32.1. The summed E-state index contributed by atoms with van der Waals surface area (Å²) in [5.41, 5.74) is 2.41. The number of aryl methyl sites for hydroxylation is 1. The molecule has 98 valence electrons. The second kappa shape index (κ2) is 5.47. The Hall–Kier alpha value is -0.780. The first-order chi connectivity index (χ1) is 8.45. The van der Waals surface area contributed by atoms with Gasteiger partial charge in [0.15, 0.2) is 0 Å². The summed E-state index contributed by atoms with van der Waals surface area (Å²) in [6.07, 6.45) is 0. The van der Waals surface area contributed by atoms with Gasteiger partial charge in [-0.3, -0.25) is 0 Å². The zero-order valence-electron chi connectivity index (χ0n) is 11.3. The topological polar surface area (TPSA) is 37.8 Å². The maximum atomic E-state index is 4.66. The van der Waals surface area contributed by atoms with E-state index in [-0.39, 0.29) is 5.41 Å². The fourth-order valence-electron chi connectivity index (χ4n) is 1.50. The van der Waals surface area contributed by atoms with E-state index in [0.29, 0.717) is 0 Å². The molecule has 5 heteroatoms. The highest BCUT2D eigenvalue weighted by molar-refractivity contribution is 7.10. The number of nitrogens with zero attached hydrogens (tertiary/aromatic N) is 2. The van der Waals surface area contributed by atoms with Gasteiger partial charge in [0.05, 0.1) is 5.69 Å². The summed E-state index contributed by atoms with van der Waals surface area (Å²) in [5.74, 6) is 0. The van der Waals surface area contributed by atoms with Crippen molar-refractivity contribution in [3.05, 3.63) is 32.2 Å². The Kier molecular flexibility index (Phi) is 4.14. The SMILES string of the molecule is Cc1csc(CNCc2nc(C(C)(C)C)cs2)n1. The van der Waals surface area contributed by atoms with Crippen LogP contribution < -0.4 is 5.32 Å². The van der Waals surface area contributed by atoms with Gasteiger partial charge in [-0.25, -0.2) is 9.97 Å². The second-order valence-electron chi connectivity index (χ2n) is 5.36. The quantitative estimate of drug-likeness (QED) is 0.932. The zero-order chi connectivity index (χ0) is 13.2. The van der Waals surface area contributed by atoms with E-state index >= 15 is 0 Å². The van der Waals surface area contributed by atoms with Gasteiger partial charge >= 0.3 is 0 Å². The van der Waals surface area contributed by atoms with Crippen molar-refractivity contribution < 1.29 is 0 Å². The molecule has 18 heavy (non-hydrogen) atoms. The molecule has 0 aliphatic heterocycles. The lowest BCUT2D eigenvalue weighted by molar-refractivity contribution is 0.568. The van der Waals surface area contributed by atoms with Crippen molar-refractivity contribution in [2.24, 2.45) is 0 Å². The summed E-state index contributed by atoms with van der Waals surface area (Å²) in [7, 11) is 0. The molecule has 0 aliphatic rings. The molecule has 3 nitrogen and oxygen atoms in total. The van der Waals surface area contributed by atoms with Gasteiger partial charge in [0.1, 0.15) is 10.0 Å². The van der Waals surface area contributed by atoms with Gasteiger partial charge < -0.3 is 5.32 Å². The third-order valence-electron chi connectivity index (χ3n) is 2.54. The lowest BCUT2D eigenvalue weighted by atomic mass is 9.93. The van der Waals surface area contributed by atoms with E-state index in [2.05, 4.69) is 46.8 Å². The summed E-state index contributed by atoms with van der Waals surface area (Å²) < 4.78 is 0. The molecule has 0 aromatic carbocycles. The minimum atomic E-state index is 0.140. The van der Waals surface area contributed by atoms with Gasteiger partial charge in [0, 0.05) is 35.0 Å². The largest absolute Gasteiger partial charge is 0.304 e. The molecule has 2 rings (SSSR count). The molecule has 2 heterocycles. The van der Waals surface area contributed by atoms with Crippen molar-refractivity contribution in [2.75, 3.05) is 0 Å². The Morgan fingerprint density at radius 1 is 1.06 bits per heavy atom.